The second kappa shape index (κ2) is 9.00. The number of amides is 2. The Hall–Kier alpha value is -3.39. The summed E-state index contributed by atoms with van der Waals surface area (Å²) in [6.45, 7) is 5.81. The van der Waals surface area contributed by atoms with Crippen molar-refractivity contribution in [2.75, 3.05) is 0 Å². The quantitative estimate of drug-likeness (QED) is 0.627. The number of benzene rings is 1. The number of aliphatic imine (C=N–C) groups is 1. The number of pyridine rings is 1. The van der Waals surface area contributed by atoms with E-state index in [0.29, 0.717) is 5.56 Å². The first-order chi connectivity index (χ1) is 16.8. The van der Waals surface area contributed by atoms with E-state index < -0.39 is 6.17 Å². The molecule has 0 bridgehead atoms. The number of aromatic nitrogens is 1. The molecule has 7 nitrogen and oxygen atoms in total. The summed E-state index contributed by atoms with van der Waals surface area (Å²) >= 11 is 0. The summed E-state index contributed by atoms with van der Waals surface area (Å²) in [4.78, 5) is 36.6. The van der Waals surface area contributed by atoms with Gasteiger partial charge < -0.3 is 11.1 Å². The number of hydrogen-bond acceptors (Lipinski definition) is 5. The van der Waals surface area contributed by atoms with Crippen LogP contribution in [-0.2, 0) is 9.59 Å². The summed E-state index contributed by atoms with van der Waals surface area (Å²) in [5.74, 6) is -0.889. The molecule has 1 aliphatic carbocycles. The number of nitrogens with two attached hydrogens (primary N) is 1. The van der Waals surface area contributed by atoms with Crippen LogP contribution >= 0.6 is 0 Å². The van der Waals surface area contributed by atoms with E-state index in [-0.39, 0.29) is 53.5 Å². The van der Waals surface area contributed by atoms with Gasteiger partial charge in [0.15, 0.2) is 6.17 Å². The van der Waals surface area contributed by atoms with Crippen molar-refractivity contribution in [3.05, 3.63) is 65.6 Å². The van der Waals surface area contributed by atoms with Crippen molar-refractivity contribution >= 4 is 18.0 Å². The number of fused-ring (bicyclic) bond motifs is 1. The van der Waals surface area contributed by atoms with Gasteiger partial charge in [0.25, 0.3) is 5.91 Å². The van der Waals surface area contributed by atoms with Gasteiger partial charge in [0.05, 0.1) is 23.7 Å². The zero-order chi connectivity index (χ0) is 24.9. The first kappa shape index (κ1) is 23.4. The lowest BCUT2D eigenvalue weighted by Crippen LogP contribution is -2.64. The number of halogens is 1. The minimum Gasteiger partial charge on any atom is -0.369 e. The predicted molar refractivity (Wildman–Crippen MR) is 132 cm³/mol. The molecular formula is C27H30FN5O2. The number of rotatable bonds is 6. The molecule has 1 saturated carbocycles. The summed E-state index contributed by atoms with van der Waals surface area (Å²) < 4.78 is 13.9. The van der Waals surface area contributed by atoms with E-state index >= 15 is 0 Å². The molecule has 8 heteroatoms. The number of hydrogen-bond donors (Lipinski definition) is 2. The highest BCUT2D eigenvalue weighted by molar-refractivity contribution is 5.89. The van der Waals surface area contributed by atoms with Gasteiger partial charge in [0.1, 0.15) is 5.82 Å². The third-order valence-electron chi connectivity index (χ3n) is 7.84. The fraction of sp³-hybridized carbons (Fsp3) is 0.407. The molecule has 1 aromatic heterocycles. The van der Waals surface area contributed by atoms with Crippen molar-refractivity contribution < 1.29 is 14.0 Å². The standard InChI is InChI=1S/C27H30FN5O2/c1-4-18-15(3)23(22(18)25(29)34)32-27(35)26-31-13-17-8-10-21(33(17)26)19-6-5-11-30-24(19)16-7-9-20(28)14(2)12-16/h5-13,15,17-18,21-23,26H,4H2,1-3H3,(H2,29,34)(H,32,35). The number of nitrogens with one attached hydrogen (secondary N) is 1. The third kappa shape index (κ3) is 3.86. The molecule has 0 radical (unpaired) electrons. The lowest BCUT2D eigenvalue weighted by molar-refractivity contribution is -0.138. The fourth-order valence-corrected chi connectivity index (χ4v) is 5.96. The molecule has 7 unspecified atom stereocenters. The van der Waals surface area contributed by atoms with Crippen LogP contribution in [0.15, 0.2) is 53.7 Å². The van der Waals surface area contributed by atoms with Gasteiger partial charge in [-0.15, -0.1) is 0 Å². The van der Waals surface area contributed by atoms with Crippen molar-refractivity contribution in [2.45, 2.75) is 51.5 Å². The maximum Gasteiger partial charge on any atom is 0.260 e. The van der Waals surface area contributed by atoms with Crippen molar-refractivity contribution in [2.24, 2.45) is 28.5 Å². The van der Waals surface area contributed by atoms with Crippen molar-refractivity contribution in [1.29, 1.82) is 0 Å². The maximum atomic E-state index is 13.9. The molecule has 5 rings (SSSR count). The van der Waals surface area contributed by atoms with E-state index in [0.717, 1.165) is 23.2 Å². The van der Waals surface area contributed by atoms with Gasteiger partial charge in [-0.25, -0.2) is 4.39 Å². The Morgan fingerprint density at radius 2 is 2.03 bits per heavy atom. The Kier molecular flexibility index (Phi) is 6.01. The second-order valence-corrected chi connectivity index (χ2v) is 9.74. The van der Waals surface area contributed by atoms with Gasteiger partial charge >= 0.3 is 0 Å². The molecule has 3 heterocycles. The lowest BCUT2D eigenvalue weighted by Gasteiger charge is -2.49. The summed E-state index contributed by atoms with van der Waals surface area (Å²) in [5.41, 5.74) is 8.67. The SMILES string of the molecule is CCC1C(C)C(NC(=O)C2N=CC3C=CC(c4cccnc4-c4ccc(F)c(C)c4)N32)C1C(N)=O. The number of primary amides is 1. The molecule has 2 aromatic rings. The van der Waals surface area contributed by atoms with Crippen LogP contribution in [0, 0.1) is 30.5 Å². The number of aryl methyl sites for hydroxylation is 1. The molecule has 0 spiro atoms. The van der Waals surface area contributed by atoms with E-state index in [4.69, 9.17) is 5.73 Å². The molecule has 7 atom stereocenters. The normalized spacial score (nSPS) is 31.3. The molecule has 182 valence electrons. The zero-order valence-electron chi connectivity index (χ0n) is 20.1. The van der Waals surface area contributed by atoms with Gasteiger partial charge in [-0.05, 0) is 54.2 Å². The highest BCUT2D eigenvalue weighted by Gasteiger charge is 2.52. The minimum absolute atomic E-state index is 0.118. The Morgan fingerprint density at radius 1 is 1.23 bits per heavy atom. The van der Waals surface area contributed by atoms with E-state index in [1.54, 1.807) is 31.5 Å². The van der Waals surface area contributed by atoms with E-state index in [2.05, 4.69) is 21.4 Å². The van der Waals surface area contributed by atoms with Crippen LogP contribution in [0.3, 0.4) is 0 Å². The maximum absolute atomic E-state index is 13.9. The van der Waals surface area contributed by atoms with Gasteiger partial charge in [0.2, 0.25) is 5.91 Å². The topological polar surface area (TPSA) is 101 Å². The van der Waals surface area contributed by atoms with Gasteiger partial charge in [-0.1, -0.05) is 38.5 Å². The first-order valence-corrected chi connectivity index (χ1v) is 12.1. The number of carbonyl (C=O) groups is 2. The van der Waals surface area contributed by atoms with Gasteiger partial charge in [-0.3, -0.25) is 24.5 Å². The third-order valence-corrected chi connectivity index (χ3v) is 7.84. The first-order valence-electron chi connectivity index (χ1n) is 12.1. The molecule has 2 amide bonds. The molecule has 1 aromatic carbocycles. The Bertz CT molecular complexity index is 1230. The van der Waals surface area contributed by atoms with Crippen LogP contribution in [0.1, 0.15) is 37.4 Å². The summed E-state index contributed by atoms with van der Waals surface area (Å²) in [7, 11) is 0. The largest absolute Gasteiger partial charge is 0.369 e. The summed E-state index contributed by atoms with van der Waals surface area (Å²) in [5, 5.41) is 3.07. The average molecular weight is 476 g/mol. The molecule has 35 heavy (non-hydrogen) atoms. The van der Waals surface area contributed by atoms with Crippen molar-refractivity contribution in [3.8, 4) is 11.3 Å². The monoisotopic (exact) mass is 475 g/mol. The van der Waals surface area contributed by atoms with Gasteiger partial charge in [0, 0.05) is 24.0 Å². The number of carbonyl (C=O) groups excluding carboxylic acids is 2. The Labute approximate surface area is 204 Å². The highest BCUT2D eigenvalue weighted by Crippen LogP contribution is 2.43. The lowest BCUT2D eigenvalue weighted by atomic mass is 9.60. The number of nitrogens with zero attached hydrogens (tertiary/aromatic N) is 3. The smallest absolute Gasteiger partial charge is 0.260 e. The minimum atomic E-state index is -0.732. The zero-order valence-corrected chi connectivity index (χ0v) is 20.1. The van der Waals surface area contributed by atoms with Crippen LogP contribution in [0.2, 0.25) is 0 Å². The van der Waals surface area contributed by atoms with Crippen molar-refractivity contribution in [1.82, 2.24) is 15.2 Å². The fourth-order valence-electron chi connectivity index (χ4n) is 5.96. The van der Waals surface area contributed by atoms with Crippen LogP contribution in [0.5, 0.6) is 0 Å². The van der Waals surface area contributed by atoms with E-state index in [1.165, 1.54) is 6.07 Å². The Morgan fingerprint density at radius 3 is 2.74 bits per heavy atom. The van der Waals surface area contributed by atoms with Crippen LogP contribution in [0.4, 0.5) is 4.39 Å². The van der Waals surface area contributed by atoms with Crippen molar-refractivity contribution in [3.63, 3.8) is 0 Å². The summed E-state index contributed by atoms with van der Waals surface area (Å²) in [6, 6.07) is 8.16. The van der Waals surface area contributed by atoms with Crippen LogP contribution < -0.4 is 11.1 Å². The molecule has 2 aliphatic heterocycles. The van der Waals surface area contributed by atoms with E-state index in [9.17, 15) is 14.0 Å². The second-order valence-electron chi connectivity index (χ2n) is 9.74. The van der Waals surface area contributed by atoms with Gasteiger partial charge in [-0.2, -0.15) is 0 Å². The molecule has 3 N–H and O–H groups in total. The predicted octanol–water partition coefficient (Wildman–Crippen LogP) is 3.15. The van der Waals surface area contributed by atoms with Crippen LogP contribution in [-0.4, -0.2) is 46.2 Å². The average Bonchev–Trinajstić information content (AvgIpc) is 3.44. The molecule has 1 fully saturated rings. The van der Waals surface area contributed by atoms with E-state index in [1.807, 2.05) is 37.0 Å². The van der Waals surface area contributed by atoms with Crippen LogP contribution in [0.25, 0.3) is 11.3 Å². The molecule has 0 saturated heterocycles. The highest BCUT2D eigenvalue weighted by atomic mass is 19.1. The Balaban J connectivity index is 1.41. The summed E-state index contributed by atoms with van der Waals surface area (Å²) in [6.07, 6.45) is 7.69. The molecule has 3 aliphatic rings. The molecular weight excluding hydrogens is 445 g/mol.